The van der Waals surface area contributed by atoms with Crippen molar-refractivity contribution in [3.8, 4) is 28.4 Å². The molecule has 2 aromatic carbocycles. The highest BCUT2D eigenvalue weighted by molar-refractivity contribution is 5.78. The maximum atomic E-state index is 10.2. The number of aryl methyl sites for hydroxylation is 2. The first kappa shape index (κ1) is 15.2. The Labute approximate surface area is 125 Å². The zero-order valence-electron chi connectivity index (χ0n) is 12.8. The monoisotopic (exact) mass is 286 g/mol. The van der Waals surface area contributed by atoms with Crippen molar-refractivity contribution in [1.82, 2.24) is 0 Å². The summed E-state index contributed by atoms with van der Waals surface area (Å²) in [5.74, 6) is -1.04. The molecule has 0 atom stereocenters. The maximum Gasteiger partial charge on any atom is 0.200 e. The largest absolute Gasteiger partial charge is 0.504 e. The van der Waals surface area contributed by atoms with Gasteiger partial charge in [-0.3, -0.25) is 0 Å². The highest BCUT2D eigenvalue weighted by Crippen LogP contribution is 2.43. The Morgan fingerprint density at radius 3 is 2.05 bits per heavy atom. The van der Waals surface area contributed by atoms with Crippen molar-refractivity contribution in [1.29, 1.82) is 0 Å². The summed E-state index contributed by atoms with van der Waals surface area (Å²) in [7, 11) is 0. The van der Waals surface area contributed by atoms with Gasteiger partial charge < -0.3 is 15.3 Å². The average molecular weight is 286 g/mol. The molecular formula is C18H22O3. The molecule has 0 aromatic heterocycles. The summed E-state index contributed by atoms with van der Waals surface area (Å²) in [6.45, 7) is 6.30. The SMILES string of the molecule is CCc1cc(CC)c(CC)c(-c2ccc(O)c(O)c2O)c1. The highest BCUT2D eigenvalue weighted by Gasteiger charge is 2.17. The van der Waals surface area contributed by atoms with Gasteiger partial charge in [0.2, 0.25) is 5.75 Å². The van der Waals surface area contributed by atoms with Crippen LogP contribution in [0.2, 0.25) is 0 Å². The van der Waals surface area contributed by atoms with E-state index in [4.69, 9.17) is 0 Å². The molecule has 0 saturated carbocycles. The lowest BCUT2D eigenvalue weighted by atomic mass is 9.89. The molecule has 0 saturated heterocycles. The Balaban J connectivity index is 2.76. The van der Waals surface area contributed by atoms with E-state index in [0.29, 0.717) is 5.56 Å². The van der Waals surface area contributed by atoms with E-state index in [9.17, 15) is 15.3 Å². The summed E-state index contributed by atoms with van der Waals surface area (Å²) in [6, 6.07) is 7.33. The summed E-state index contributed by atoms with van der Waals surface area (Å²) in [5.41, 5.74) is 5.13. The second-order valence-corrected chi connectivity index (χ2v) is 5.17. The van der Waals surface area contributed by atoms with Gasteiger partial charge in [-0.05, 0) is 53.6 Å². The fourth-order valence-electron chi connectivity index (χ4n) is 2.76. The van der Waals surface area contributed by atoms with Gasteiger partial charge in [0.05, 0.1) is 0 Å². The smallest absolute Gasteiger partial charge is 0.200 e. The highest BCUT2D eigenvalue weighted by atomic mass is 16.3. The van der Waals surface area contributed by atoms with E-state index in [0.717, 1.165) is 24.8 Å². The fraction of sp³-hybridized carbons (Fsp3) is 0.333. The number of hydrogen-bond acceptors (Lipinski definition) is 3. The first-order chi connectivity index (χ1) is 10.0. The van der Waals surface area contributed by atoms with Crippen LogP contribution in [0.4, 0.5) is 0 Å². The Morgan fingerprint density at radius 1 is 0.762 bits per heavy atom. The van der Waals surface area contributed by atoms with Crippen LogP contribution in [-0.4, -0.2) is 15.3 Å². The van der Waals surface area contributed by atoms with E-state index < -0.39 is 5.75 Å². The van der Waals surface area contributed by atoms with Gasteiger partial charge in [0.1, 0.15) is 0 Å². The van der Waals surface area contributed by atoms with Crippen LogP contribution in [-0.2, 0) is 19.3 Å². The molecule has 3 N–H and O–H groups in total. The summed E-state index contributed by atoms with van der Waals surface area (Å²) in [4.78, 5) is 0. The van der Waals surface area contributed by atoms with Gasteiger partial charge in [0.25, 0.3) is 0 Å². The molecule has 0 unspecified atom stereocenters. The van der Waals surface area contributed by atoms with Crippen molar-refractivity contribution in [2.24, 2.45) is 0 Å². The number of phenols is 3. The quantitative estimate of drug-likeness (QED) is 0.740. The minimum atomic E-state index is -0.463. The van der Waals surface area contributed by atoms with Gasteiger partial charge in [-0.25, -0.2) is 0 Å². The third-order valence-electron chi connectivity index (χ3n) is 3.96. The van der Waals surface area contributed by atoms with Crippen LogP contribution in [0, 0.1) is 0 Å². The molecule has 0 aliphatic carbocycles. The molecule has 3 heteroatoms. The zero-order valence-corrected chi connectivity index (χ0v) is 12.8. The summed E-state index contributed by atoms with van der Waals surface area (Å²) in [6.07, 6.45) is 2.69. The Bertz CT molecular complexity index is 660. The molecule has 2 rings (SSSR count). The molecule has 0 amide bonds. The van der Waals surface area contributed by atoms with Gasteiger partial charge in [-0.2, -0.15) is 0 Å². The van der Waals surface area contributed by atoms with E-state index in [1.165, 1.54) is 22.8 Å². The number of aromatic hydroxyl groups is 3. The topological polar surface area (TPSA) is 60.7 Å². The van der Waals surface area contributed by atoms with Crippen LogP contribution >= 0.6 is 0 Å². The lowest BCUT2D eigenvalue weighted by molar-refractivity contribution is 0.369. The fourth-order valence-corrected chi connectivity index (χ4v) is 2.76. The number of hydrogen-bond donors (Lipinski definition) is 3. The number of benzene rings is 2. The molecule has 0 spiro atoms. The van der Waals surface area contributed by atoms with E-state index in [2.05, 4.69) is 32.9 Å². The van der Waals surface area contributed by atoms with Gasteiger partial charge in [0, 0.05) is 5.56 Å². The summed E-state index contributed by atoms with van der Waals surface area (Å²) >= 11 is 0. The Hall–Kier alpha value is -2.16. The third kappa shape index (κ3) is 2.68. The molecule has 0 heterocycles. The third-order valence-corrected chi connectivity index (χ3v) is 3.96. The maximum absolute atomic E-state index is 10.2. The molecule has 0 aliphatic heterocycles. The predicted octanol–water partition coefficient (Wildman–Crippen LogP) is 4.16. The minimum absolute atomic E-state index is 0.264. The van der Waals surface area contributed by atoms with Crippen LogP contribution in [0.5, 0.6) is 17.2 Å². The van der Waals surface area contributed by atoms with E-state index in [-0.39, 0.29) is 11.5 Å². The average Bonchev–Trinajstić information content (AvgIpc) is 2.51. The lowest BCUT2D eigenvalue weighted by Crippen LogP contribution is -1.98. The molecule has 3 nitrogen and oxygen atoms in total. The summed E-state index contributed by atoms with van der Waals surface area (Å²) in [5, 5.41) is 29.4. The molecule has 0 fully saturated rings. The van der Waals surface area contributed by atoms with Gasteiger partial charge in [-0.15, -0.1) is 0 Å². The molecular weight excluding hydrogens is 264 g/mol. The van der Waals surface area contributed by atoms with Gasteiger partial charge >= 0.3 is 0 Å². The standard InChI is InChI=1S/C18H22O3/c1-4-11-9-12(5-2)13(6-3)15(10-11)14-7-8-16(19)18(21)17(14)20/h7-10,19-21H,4-6H2,1-3H3. The molecule has 112 valence electrons. The van der Waals surface area contributed by atoms with E-state index in [1.54, 1.807) is 6.07 Å². The minimum Gasteiger partial charge on any atom is -0.504 e. The predicted molar refractivity (Wildman–Crippen MR) is 85.0 cm³/mol. The van der Waals surface area contributed by atoms with Gasteiger partial charge in [0.15, 0.2) is 11.5 Å². The van der Waals surface area contributed by atoms with Crippen LogP contribution in [0.25, 0.3) is 11.1 Å². The molecule has 2 aromatic rings. The van der Waals surface area contributed by atoms with Crippen molar-refractivity contribution in [3.05, 3.63) is 41.0 Å². The first-order valence-electron chi connectivity index (χ1n) is 7.42. The summed E-state index contributed by atoms with van der Waals surface area (Å²) < 4.78 is 0. The molecule has 0 aliphatic rings. The molecule has 21 heavy (non-hydrogen) atoms. The van der Waals surface area contributed by atoms with Crippen LogP contribution < -0.4 is 0 Å². The normalized spacial score (nSPS) is 10.8. The molecule has 0 bridgehead atoms. The van der Waals surface area contributed by atoms with Crippen molar-refractivity contribution in [2.45, 2.75) is 40.0 Å². The van der Waals surface area contributed by atoms with Crippen LogP contribution in [0.3, 0.4) is 0 Å². The second-order valence-electron chi connectivity index (χ2n) is 5.17. The van der Waals surface area contributed by atoms with Crippen molar-refractivity contribution < 1.29 is 15.3 Å². The van der Waals surface area contributed by atoms with Crippen molar-refractivity contribution >= 4 is 0 Å². The van der Waals surface area contributed by atoms with E-state index >= 15 is 0 Å². The number of phenolic OH excluding ortho intramolecular Hbond substituents is 3. The first-order valence-corrected chi connectivity index (χ1v) is 7.42. The van der Waals surface area contributed by atoms with Crippen LogP contribution in [0.1, 0.15) is 37.5 Å². The Kier molecular flexibility index (Phi) is 4.41. The van der Waals surface area contributed by atoms with Crippen molar-refractivity contribution in [2.75, 3.05) is 0 Å². The van der Waals surface area contributed by atoms with Gasteiger partial charge in [-0.1, -0.05) is 32.9 Å². The lowest BCUT2D eigenvalue weighted by Gasteiger charge is -2.17. The zero-order chi connectivity index (χ0) is 15.6. The van der Waals surface area contributed by atoms with Crippen LogP contribution in [0.15, 0.2) is 24.3 Å². The molecule has 0 radical (unpaired) electrons. The second kappa shape index (κ2) is 6.08. The van der Waals surface area contributed by atoms with Crippen molar-refractivity contribution in [3.63, 3.8) is 0 Å². The number of rotatable bonds is 4. The van der Waals surface area contributed by atoms with E-state index in [1.807, 2.05) is 0 Å². The Morgan fingerprint density at radius 2 is 1.48 bits per heavy atom.